The normalized spacial score (nSPS) is 9.36. The van der Waals surface area contributed by atoms with Crippen molar-refractivity contribution in [3.05, 3.63) is 29.1 Å². The molecule has 0 aromatic heterocycles. The van der Waals surface area contributed by atoms with Crippen molar-refractivity contribution in [2.75, 3.05) is 0 Å². The molecule has 5 heteroatoms. The average Bonchev–Trinajstić information content (AvgIpc) is 1.64. The van der Waals surface area contributed by atoms with Crippen molar-refractivity contribution < 1.29 is 44.6 Å². The van der Waals surface area contributed by atoms with E-state index in [1.54, 1.807) is 6.92 Å². The summed E-state index contributed by atoms with van der Waals surface area (Å²) in [6.45, 7) is 13.4. The number of allylic oxidation sites excluding steroid dienone is 3. The molecule has 0 rings (SSSR count). The van der Waals surface area contributed by atoms with Crippen molar-refractivity contribution in [1.82, 2.24) is 0 Å². The SMILES string of the molecule is [C+]/C(Cl)=C(/C)C(=[CH-])Cl.[Cl-].[Cl-].[Os+2]. The van der Waals surface area contributed by atoms with Crippen LogP contribution in [0.4, 0.5) is 0 Å². The number of hydrogen-bond donors (Lipinski definition) is 0. The maximum absolute atomic E-state index is 6.77. The van der Waals surface area contributed by atoms with E-state index in [-0.39, 0.29) is 54.7 Å². The average molecular weight is 408 g/mol. The molecule has 0 atom stereocenters. The second-order valence-electron chi connectivity index (χ2n) is 1.29. The van der Waals surface area contributed by atoms with Gasteiger partial charge < -0.3 is 24.8 Å². The quantitative estimate of drug-likeness (QED) is 0.315. The van der Waals surface area contributed by atoms with E-state index in [4.69, 9.17) is 36.7 Å². The molecule has 0 nitrogen and oxygen atoms in total. The summed E-state index contributed by atoms with van der Waals surface area (Å²) < 4.78 is 0. The Balaban J connectivity index is -0.0000000817. The monoisotopic (exact) mass is 408 g/mol. The molecule has 0 heterocycles. The largest absolute Gasteiger partial charge is 2.00 e. The van der Waals surface area contributed by atoms with Gasteiger partial charge in [0.15, 0.2) is 0 Å². The first-order valence-electron chi connectivity index (χ1n) is 1.92. The number of hydrogen-bond acceptors (Lipinski definition) is 0. The first-order chi connectivity index (χ1) is 3.55. The van der Waals surface area contributed by atoms with E-state index in [2.05, 4.69) is 0 Å². The van der Waals surface area contributed by atoms with Gasteiger partial charge in [-0.15, -0.1) is 29.1 Å². The van der Waals surface area contributed by atoms with Gasteiger partial charge in [-0.25, -0.2) is 0 Å². The van der Waals surface area contributed by atoms with Gasteiger partial charge in [0.25, 0.3) is 0 Å². The van der Waals surface area contributed by atoms with Crippen molar-refractivity contribution in [2.45, 2.75) is 6.92 Å². The fourth-order valence-corrected chi connectivity index (χ4v) is 0.349. The standard InChI is InChI=1S/C6H4Cl2.2ClH.Os/c1-4(5(2)7)6(3)8;;;/h2H,1H3;2*1H;/q;;;+2/p-2/b6-4+;;;. The van der Waals surface area contributed by atoms with E-state index in [1.165, 1.54) is 0 Å². The number of rotatable bonds is 1. The van der Waals surface area contributed by atoms with Crippen molar-refractivity contribution in [3.63, 3.8) is 0 Å². The molecular weight excluding hydrogens is 404 g/mol. The van der Waals surface area contributed by atoms with Crippen LogP contribution in [0.1, 0.15) is 6.92 Å². The van der Waals surface area contributed by atoms with Crippen LogP contribution < -0.4 is 24.8 Å². The van der Waals surface area contributed by atoms with E-state index < -0.39 is 0 Å². The summed E-state index contributed by atoms with van der Waals surface area (Å²) in [7, 11) is 0. The zero-order valence-electron chi connectivity index (χ0n) is 5.44. The molecule has 0 aliphatic rings. The second-order valence-corrected chi connectivity index (χ2v) is 2.07. The smallest absolute Gasteiger partial charge is 1.00 e. The molecule has 0 spiro atoms. The van der Waals surface area contributed by atoms with E-state index in [0.29, 0.717) is 5.57 Å². The van der Waals surface area contributed by atoms with Gasteiger partial charge in [-0.2, -0.15) is 0 Å². The van der Waals surface area contributed by atoms with E-state index in [0.717, 1.165) is 0 Å². The summed E-state index contributed by atoms with van der Waals surface area (Å²) in [6.07, 6.45) is 0. The zero-order chi connectivity index (χ0) is 6.73. The molecule has 11 heavy (non-hydrogen) atoms. The van der Waals surface area contributed by atoms with Gasteiger partial charge in [0.2, 0.25) is 0 Å². The maximum Gasteiger partial charge on any atom is 2.00 e. The zero-order valence-corrected chi connectivity index (χ0v) is 11.0. The Morgan fingerprint density at radius 1 is 1.27 bits per heavy atom. The molecule has 64 valence electrons. The fraction of sp³-hybridized carbons (Fsp3) is 0.167. The summed E-state index contributed by atoms with van der Waals surface area (Å²) in [5.74, 6) is 0. The molecule has 0 aromatic rings. The Hall–Kier alpha value is 1.15. The van der Waals surface area contributed by atoms with Gasteiger partial charge in [-0.05, 0) is 0 Å². The molecule has 0 saturated carbocycles. The Morgan fingerprint density at radius 2 is 1.55 bits per heavy atom. The predicted molar refractivity (Wildman–Crippen MR) is 35.5 cm³/mol. The second kappa shape index (κ2) is 11.1. The van der Waals surface area contributed by atoms with Gasteiger partial charge in [-0.3, -0.25) is 6.58 Å². The molecule has 0 N–H and O–H groups in total. The summed E-state index contributed by atoms with van der Waals surface area (Å²) in [4.78, 5) is 0. The molecule has 0 aromatic carbocycles. The van der Waals surface area contributed by atoms with Crippen LogP contribution in [0.3, 0.4) is 0 Å². The van der Waals surface area contributed by atoms with Crippen LogP contribution in [-0.4, -0.2) is 0 Å². The van der Waals surface area contributed by atoms with Gasteiger partial charge in [0.05, 0.1) is 0 Å². The topological polar surface area (TPSA) is 0 Å². The molecule has 0 unspecified atom stereocenters. The molecule has 0 bridgehead atoms. The first-order valence-corrected chi connectivity index (χ1v) is 2.67. The van der Waals surface area contributed by atoms with Crippen LogP contribution in [-0.2, 0) is 19.8 Å². The molecule has 2 radical (unpaired) electrons. The molecule has 0 aliphatic carbocycles. The van der Waals surface area contributed by atoms with Crippen LogP contribution in [0.2, 0.25) is 0 Å². The van der Waals surface area contributed by atoms with E-state index >= 15 is 0 Å². The third-order valence-corrected chi connectivity index (χ3v) is 1.25. The van der Waals surface area contributed by atoms with Crippen molar-refractivity contribution in [2.24, 2.45) is 0 Å². The Bertz CT molecular complexity index is 138. The minimum absolute atomic E-state index is 0. The van der Waals surface area contributed by atoms with Gasteiger partial charge in [-0.1, -0.05) is 11.6 Å². The fourth-order valence-electron chi connectivity index (χ4n) is 0.105. The summed E-state index contributed by atoms with van der Waals surface area (Å²) in [5.41, 5.74) is 0.410. The van der Waals surface area contributed by atoms with Gasteiger partial charge in [0.1, 0.15) is 5.03 Å². The summed E-state index contributed by atoms with van der Waals surface area (Å²) in [6, 6.07) is 0. The molecule has 0 fully saturated rings. The van der Waals surface area contributed by atoms with Crippen LogP contribution in [0.25, 0.3) is 0 Å². The van der Waals surface area contributed by atoms with Crippen LogP contribution in [0.5, 0.6) is 0 Å². The minimum atomic E-state index is -0.113. The van der Waals surface area contributed by atoms with Gasteiger partial charge in [0, 0.05) is 0 Å². The van der Waals surface area contributed by atoms with Crippen LogP contribution in [0.15, 0.2) is 15.6 Å². The maximum atomic E-state index is 6.77. The first kappa shape index (κ1) is 22.7. The Labute approximate surface area is 103 Å². The minimum Gasteiger partial charge on any atom is -1.00 e. The Morgan fingerprint density at radius 3 is 1.55 bits per heavy atom. The Kier molecular flexibility index (Phi) is 23.0. The third kappa shape index (κ3) is 11.1. The van der Waals surface area contributed by atoms with Gasteiger partial charge >= 0.3 is 26.7 Å². The summed E-state index contributed by atoms with van der Waals surface area (Å²) in [5, 5.41) is -0.0394. The molecule has 0 aliphatic heterocycles. The molecule has 0 saturated heterocycles. The molecular formula is C6H4Cl4Os. The number of halogens is 4. The van der Waals surface area contributed by atoms with Crippen LogP contribution in [0, 0.1) is 13.5 Å². The van der Waals surface area contributed by atoms with E-state index in [1.807, 2.05) is 0 Å². The van der Waals surface area contributed by atoms with E-state index in [9.17, 15) is 0 Å². The van der Waals surface area contributed by atoms with Crippen molar-refractivity contribution >= 4 is 23.2 Å². The third-order valence-electron chi connectivity index (χ3n) is 0.687. The summed E-state index contributed by atoms with van der Waals surface area (Å²) >= 11 is 10.4. The van der Waals surface area contributed by atoms with Crippen molar-refractivity contribution in [1.29, 1.82) is 0 Å². The molecule has 0 amide bonds. The van der Waals surface area contributed by atoms with Crippen molar-refractivity contribution in [3.8, 4) is 0 Å². The van der Waals surface area contributed by atoms with Crippen LogP contribution >= 0.6 is 23.2 Å². The predicted octanol–water partition coefficient (Wildman–Crippen LogP) is -3.35.